The number of aliphatic carboxylic acids is 1. The lowest BCUT2D eigenvalue weighted by Crippen LogP contribution is -2.57. The highest BCUT2D eigenvalue weighted by Crippen LogP contribution is 2.53. The molecule has 1 heterocycles. The summed E-state index contributed by atoms with van der Waals surface area (Å²) in [7, 11) is 2.17. The molecule has 8 heteroatoms. The Hall–Kier alpha value is -4.20. The third kappa shape index (κ3) is 5.67. The van der Waals surface area contributed by atoms with Gasteiger partial charge in [-0.15, -0.1) is 0 Å². The number of ether oxygens (including phenoxy) is 2. The minimum Gasteiger partial charge on any atom is -0.490 e. The number of urea groups is 1. The zero-order valence-corrected chi connectivity index (χ0v) is 28.2. The van der Waals surface area contributed by atoms with Gasteiger partial charge < -0.3 is 29.3 Å². The van der Waals surface area contributed by atoms with E-state index in [-0.39, 0.29) is 18.1 Å². The Morgan fingerprint density at radius 2 is 1.57 bits per heavy atom. The highest BCUT2D eigenvalue weighted by molar-refractivity contribution is 5.84. The fraction of sp³-hybridized carbons (Fsp3) is 0.474. The molecule has 2 aliphatic rings. The van der Waals surface area contributed by atoms with Gasteiger partial charge in [0, 0.05) is 24.8 Å². The molecule has 0 aromatic heterocycles. The van der Waals surface area contributed by atoms with Crippen LogP contribution in [0, 0.1) is 6.92 Å². The van der Waals surface area contributed by atoms with Crippen molar-refractivity contribution in [3.05, 3.63) is 89.5 Å². The molecule has 3 aromatic carbocycles. The number of carboxylic acids is 1. The van der Waals surface area contributed by atoms with E-state index in [4.69, 9.17) is 9.47 Å². The molecule has 8 nitrogen and oxygen atoms in total. The van der Waals surface area contributed by atoms with Crippen molar-refractivity contribution in [2.75, 3.05) is 38.3 Å². The zero-order chi connectivity index (χ0) is 33.1. The van der Waals surface area contributed by atoms with Gasteiger partial charge in [0.15, 0.2) is 11.5 Å². The van der Waals surface area contributed by atoms with Gasteiger partial charge in [-0.2, -0.15) is 0 Å². The van der Waals surface area contributed by atoms with E-state index in [0.717, 1.165) is 18.4 Å². The Morgan fingerprint density at radius 1 is 0.913 bits per heavy atom. The van der Waals surface area contributed by atoms with Crippen molar-refractivity contribution in [2.24, 2.45) is 0 Å². The highest BCUT2D eigenvalue weighted by atomic mass is 16.5. The van der Waals surface area contributed by atoms with Crippen LogP contribution < -0.4 is 14.4 Å². The highest BCUT2D eigenvalue weighted by Gasteiger charge is 2.58. The SMILES string of the molecule is CCOc1cccc(C(C)(CC)N2CC3(CCC(c4ccccc4)(N(C)c4ccccc4C)CC3)N(CC(=O)O)C2=O)c1OCC. The Balaban J connectivity index is 1.56. The summed E-state index contributed by atoms with van der Waals surface area (Å²) >= 11 is 0. The summed E-state index contributed by atoms with van der Waals surface area (Å²) in [6.45, 7) is 11.2. The van der Waals surface area contributed by atoms with Crippen LogP contribution in [0.25, 0.3) is 0 Å². The molecule has 46 heavy (non-hydrogen) atoms. The van der Waals surface area contributed by atoms with Gasteiger partial charge in [-0.1, -0.05) is 67.6 Å². The van der Waals surface area contributed by atoms with Gasteiger partial charge in [0.25, 0.3) is 0 Å². The number of anilines is 1. The quantitative estimate of drug-likeness (QED) is 0.223. The fourth-order valence-corrected chi connectivity index (χ4v) is 7.87. The lowest BCUT2D eigenvalue weighted by atomic mass is 9.67. The third-order valence-corrected chi connectivity index (χ3v) is 10.6. The molecule has 1 aliphatic heterocycles. The molecule has 1 atom stereocenters. The van der Waals surface area contributed by atoms with Gasteiger partial charge in [-0.3, -0.25) is 4.79 Å². The van der Waals surface area contributed by atoms with E-state index in [1.54, 1.807) is 4.90 Å². The van der Waals surface area contributed by atoms with Crippen molar-refractivity contribution in [1.82, 2.24) is 9.80 Å². The molecular formula is C38H49N3O5. The van der Waals surface area contributed by atoms with Gasteiger partial charge in [-0.25, -0.2) is 4.79 Å². The van der Waals surface area contributed by atoms with Crippen LogP contribution in [0.4, 0.5) is 10.5 Å². The van der Waals surface area contributed by atoms with Gasteiger partial charge >= 0.3 is 12.0 Å². The maximum absolute atomic E-state index is 14.5. The summed E-state index contributed by atoms with van der Waals surface area (Å²) in [5.41, 5.74) is 2.79. The minimum absolute atomic E-state index is 0.240. The number of para-hydroxylation sites is 2. The monoisotopic (exact) mass is 627 g/mol. The summed E-state index contributed by atoms with van der Waals surface area (Å²) in [6, 6.07) is 24.7. The largest absolute Gasteiger partial charge is 0.490 e. The smallest absolute Gasteiger partial charge is 0.323 e. The summed E-state index contributed by atoms with van der Waals surface area (Å²) < 4.78 is 12.1. The summed E-state index contributed by atoms with van der Waals surface area (Å²) in [4.78, 5) is 32.8. The zero-order valence-electron chi connectivity index (χ0n) is 28.2. The normalized spacial score (nSPS) is 22.5. The second-order valence-electron chi connectivity index (χ2n) is 12.9. The van der Waals surface area contributed by atoms with Crippen molar-refractivity contribution in [1.29, 1.82) is 0 Å². The molecule has 1 aliphatic carbocycles. The first-order chi connectivity index (χ1) is 22.1. The number of hydrogen-bond acceptors (Lipinski definition) is 5. The molecule has 1 N–H and O–H groups in total. The standard InChI is InChI=1S/C38H49N3O5/c1-7-36(5,30-19-15-21-32(45-8-2)34(30)46-9-3)41-27-37(40(35(41)44)26-33(42)43)22-24-38(25-23-37,29-17-11-10-12-18-29)39(6)31-20-14-13-16-28(31)4/h10-21H,7-9,22-27H2,1-6H3,(H,42,43). The van der Waals surface area contributed by atoms with E-state index in [0.29, 0.717) is 50.5 Å². The van der Waals surface area contributed by atoms with Gasteiger partial charge in [0.1, 0.15) is 6.54 Å². The number of carbonyl (C=O) groups is 2. The number of carbonyl (C=O) groups excluding carboxylic acids is 1. The average molecular weight is 628 g/mol. The summed E-state index contributed by atoms with van der Waals surface area (Å²) in [5, 5.41) is 10.1. The van der Waals surface area contributed by atoms with Gasteiger partial charge in [0.05, 0.1) is 29.8 Å². The van der Waals surface area contributed by atoms with E-state index < -0.39 is 17.0 Å². The number of hydrogen-bond donors (Lipinski definition) is 1. The lowest BCUT2D eigenvalue weighted by molar-refractivity contribution is -0.138. The molecule has 1 spiro atoms. The predicted molar refractivity (Wildman–Crippen MR) is 182 cm³/mol. The van der Waals surface area contributed by atoms with Crippen molar-refractivity contribution >= 4 is 17.7 Å². The Morgan fingerprint density at radius 3 is 2.17 bits per heavy atom. The Labute approximate surface area is 273 Å². The number of nitrogens with zero attached hydrogens (tertiary/aromatic N) is 3. The molecule has 246 valence electrons. The first-order valence-corrected chi connectivity index (χ1v) is 16.6. The van der Waals surface area contributed by atoms with Gasteiger partial charge in [0.2, 0.25) is 0 Å². The van der Waals surface area contributed by atoms with Crippen LogP contribution in [0.15, 0.2) is 72.8 Å². The molecular weight excluding hydrogens is 578 g/mol. The van der Waals surface area contributed by atoms with E-state index in [1.165, 1.54) is 16.8 Å². The molecule has 1 unspecified atom stereocenters. The maximum atomic E-state index is 14.5. The van der Waals surface area contributed by atoms with Crippen molar-refractivity contribution in [3.63, 3.8) is 0 Å². The van der Waals surface area contributed by atoms with Crippen LogP contribution in [-0.4, -0.2) is 65.8 Å². The molecule has 2 amide bonds. The molecule has 0 bridgehead atoms. The minimum atomic E-state index is -1.00. The number of benzene rings is 3. The first kappa shape index (κ1) is 33.2. The van der Waals surface area contributed by atoms with Crippen LogP contribution in [0.2, 0.25) is 0 Å². The maximum Gasteiger partial charge on any atom is 0.323 e. The molecule has 0 radical (unpaired) electrons. The lowest BCUT2D eigenvalue weighted by Gasteiger charge is -2.52. The molecule has 1 saturated heterocycles. The number of rotatable bonds is 12. The first-order valence-electron chi connectivity index (χ1n) is 16.6. The van der Waals surface area contributed by atoms with E-state index >= 15 is 0 Å². The van der Waals surface area contributed by atoms with Crippen LogP contribution >= 0.6 is 0 Å². The molecule has 2 fully saturated rings. The fourth-order valence-electron chi connectivity index (χ4n) is 7.87. The van der Waals surface area contributed by atoms with Crippen LogP contribution in [-0.2, 0) is 15.9 Å². The van der Waals surface area contributed by atoms with Crippen LogP contribution in [0.3, 0.4) is 0 Å². The Kier molecular flexibility index (Phi) is 9.57. The second-order valence-corrected chi connectivity index (χ2v) is 12.9. The number of amides is 2. The summed E-state index contributed by atoms with van der Waals surface area (Å²) in [5.74, 6) is 0.286. The molecule has 1 saturated carbocycles. The topological polar surface area (TPSA) is 82.5 Å². The number of aryl methyl sites for hydroxylation is 1. The Bertz CT molecular complexity index is 1530. The van der Waals surface area contributed by atoms with Crippen LogP contribution in [0.1, 0.15) is 76.5 Å². The van der Waals surface area contributed by atoms with Crippen LogP contribution in [0.5, 0.6) is 11.5 Å². The predicted octanol–water partition coefficient (Wildman–Crippen LogP) is 7.58. The van der Waals surface area contributed by atoms with Crippen molar-refractivity contribution < 1.29 is 24.2 Å². The van der Waals surface area contributed by atoms with E-state index in [2.05, 4.69) is 81.2 Å². The van der Waals surface area contributed by atoms with E-state index in [9.17, 15) is 14.7 Å². The number of carboxylic acid groups (broad SMARTS) is 1. The molecule has 3 aromatic rings. The second kappa shape index (κ2) is 13.3. The van der Waals surface area contributed by atoms with Crippen molar-refractivity contribution in [3.8, 4) is 11.5 Å². The third-order valence-electron chi connectivity index (χ3n) is 10.6. The van der Waals surface area contributed by atoms with Crippen molar-refractivity contribution in [2.45, 2.75) is 83.3 Å². The average Bonchev–Trinajstić information content (AvgIpc) is 3.32. The van der Waals surface area contributed by atoms with Gasteiger partial charge in [-0.05, 0) is 83.1 Å². The summed E-state index contributed by atoms with van der Waals surface area (Å²) in [6.07, 6.45) is 3.50. The van der Waals surface area contributed by atoms with E-state index in [1.807, 2.05) is 43.0 Å². The molecule has 5 rings (SSSR count).